The minimum Gasteiger partial charge on any atom is -0.490 e. The molecule has 3 aliphatic rings. The van der Waals surface area contributed by atoms with Crippen LogP contribution in [0.1, 0.15) is 122 Å². The number of amides is 3. The lowest BCUT2D eigenvalue weighted by molar-refractivity contribution is -0.134. The van der Waals surface area contributed by atoms with Crippen molar-refractivity contribution in [1.29, 1.82) is 0 Å². The van der Waals surface area contributed by atoms with Crippen molar-refractivity contribution in [3.63, 3.8) is 0 Å². The maximum atomic E-state index is 13.3. The number of likely N-dealkylation sites (tertiary alicyclic amines) is 1. The number of nitrogens with one attached hydrogen (secondary N) is 2. The molecule has 1 unspecified atom stereocenters. The number of nitrogens with zero attached hydrogens (tertiary/aromatic N) is 4. The molecule has 1 atom stereocenters. The molecule has 0 bridgehead atoms. The Hall–Kier alpha value is -4.71. The molecule has 5 heterocycles. The molecule has 4 aromatic rings. The topological polar surface area (TPSA) is 118 Å². The molecule has 1 aromatic carbocycles. The molecule has 3 aromatic heterocycles. The summed E-state index contributed by atoms with van der Waals surface area (Å²) in [5.74, 6) is 0.799. The zero-order valence-corrected chi connectivity index (χ0v) is 29.7. The Kier molecular flexibility index (Phi) is 10.6. The molecule has 3 fully saturated rings. The Balaban J connectivity index is 0.927. The van der Waals surface area contributed by atoms with Gasteiger partial charge in [0.05, 0.1) is 23.3 Å². The van der Waals surface area contributed by atoms with Gasteiger partial charge in [0, 0.05) is 37.3 Å². The number of fused-ring (bicyclic) bond motifs is 1. The van der Waals surface area contributed by atoms with Crippen molar-refractivity contribution in [3.05, 3.63) is 89.0 Å². The second-order valence-electron chi connectivity index (χ2n) is 14.8. The van der Waals surface area contributed by atoms with Crippen molar-refractivity contribution in [2.24, 2.45) is 5.92 Å². The molecule has 2 saturated heterocycles. The summed E-state index contributed by atoms with van der Waals surface area (Å²) >= 11 is 0. The van der Waals surface area contributed by atoms with Gasteiger partial charge in [0.25, 0.3) is 12.3 Å². The zero-order valence-electron chi connectivity index (χ0n) is 29.7. The number of hydrogen-bond acceptors (Lipinski definition) is 7. The van der Waals surface area contributed by atoms with Gasteiger partial charge in [0.2, 0.25) is 11.8 Å². The van der Waals surface area contributed by atoms with E-state index in [0.29, 0.717) is 42.0 Å². The van der Waals surface area contributed by atoms with E-state index in [1.165, 1.54) is 23.8 Å². The molecule has 52 heavy (non-hydrogen) atoms. The number of pyridine rings is 2. The predicted octanol–water partition coefficient (Wildman–Crippen LogP) is 7.38. The fourth-order valence-electron chi connectivity index (χ4n) is 8.05. The van der Waals surface area contributed by atoms with Crippen molar-refractivity contribution >= 4 is 29.2 Å². The number of hydrogen-bond donors (Lipinski definition) is 2. The average Bonchev–Trinajstić information content (AvgIpc) is 3.55. The van der Waals surface area contributed by atoms with Crippen LogP contribution in [0.15, 0.2) is 60.9 Å². The maximum Gasteiger partial charge on any atom is 0.280 e. The number of piperidine rings is 2. The van der Waals surface area contributed by atoms with Gasteiger partial charge in [0.15, 0.2) is 0 Å². The molecular formula is C40H46F2N6O4. The van der Waals surface area contributed by atoms with Crippen molar-refractivity contribution in [3.8, 4) is 5.75 Å². The normalized spacial score (nSPS) is 21.8. The molecular weight excluding hydrogens is 666 g/mol. The number of carbonyl (C=O) groups is 3. The summed E-state index contributed by atoms with van der Waals surface area (Å²) in [7, 11) is 0. The minimum absolute atomic E-state index is 0.0455. The maximum absolute atomic E-state index is 13.3. The smallest absolute Gasteiger partial charge is 0.280 e. The van der Waals surface area contributed by atoms with E-state index >= 15 is 0 Å². The second kappa shape index (κ2) is 15.5. The van der Waals surface area contributed by atoms with E-state index in [-0.39, 0.29) is 35.2 Å². The van der Waals surface area contributed by atoms with Gasteiger partial charge in [0.1, 0.15) is 22.9 Å². The number of carbonyl (C=O) groups excluding carboxylic acids is 3. The summed E-state index contributed by atoms with van der Waals surface area (Å²) in [5.41, 5.74) is 3.87. The number of benzene rings is 1. The van der Waals surface area contributed by atoms with Crippen LogP contribution in [0.5, 0.6) is 5.75 Å². The number of aromatic nitrogens is 3. The first-order valence-corrected chi connectivity index (χ1v) is 18.5. The molecule has 10 nitrogen and oxygen atoms in total. The molecule has 12 heteroatoms. The molecule has 1 saturated carbocycles. The van der Waals surface area contributed by atoms with Crippen molar-refractivity contribution in [2.45, 2.75) is 95.5 Å². The summed E-state index contributed by atoms with van der Waals surface area (Å²) in [6, 6.07) is 14.4. The second-order valence-corrected chi connectivity index (χ2v) is 14.8. The van der Waals surface area contributed by atoms with Crippen molar-refractivity contribution < 1.29 is 27.9 Å². The average molecular weight is 713 g/mol. The first-order valence-electron chi connectivity index (χ1n) is 18.5. The van der Waals surface area contributed by atoms with E-state index in [4.69, 9.17) is 9.72 Å². The fourth-order valence-corrected chi connectivity index (χ4v) is 8.05. The number of alkyl halides is 2. The quantitative estimate of drug-likeness (QED) is 0.165. The van der Waals surface area contributed by atoms with Gasteiger partial charge in [-0.1, -0.05) is 30.3 Å². The van der Waals surface area contributed by atoms with Crippen LogP contribution in [-0.4, -0.2) is 62.7 Å². The monoisotopic (exact) mass is 712 g/mol. The lowest BCUT2D eigenvalue weighted by Gasteiger charge is -2.36. The molecule has 3 amide bonds. The molecule has 7 rings (SSSR count). The van der Waals surface area contributed by atoms with Crippen molar-refractivity contribution in [1.82, 2.24) is 24.6 Å². The van der Waals surface area contributed by atoms with Gasteiger partial charge >= 0.3 is 0 Å². The Morgan fingerprint density at radius 1 is 0.923 bits per heavy atom. The number of ether oxygens (including phenoxy) is 1. The molecule has 274 valence electrons. The lowest BCUT2D eigenvalue weighted by Crippen LogP contribution is -2.39. The van der Waals surface area contributed by atoms with E-state index in [9.17, 15) is 23.2 Å². The van der Waals surface area contributed by atoms with Crippen LogP contribution < -0.4 is 15.4 Å². The minimum atomic E-state index is -2.74. The van der Waals surface area contributed by atoms with E-state index in [1.54, 1.807) is 12.3 Å². The van der Waals surface area contributed by atoms with Crippen molar-refractivity contribution in [2.75, 3.05) is 25.0 Å². The number of anilines is 1. The van der Waals surface area contributed by atoms with E-state index < -0.39 is 18.0 Å². The lowest BCUT2D eigenvalue weighted by atomic mass is 9.80. The summed E-state index contributed by atoms with van der Waals surface area (Å²) < 4.78 is 34.2. The molecule has 1 aliphatic carbocycles. The van der Waals surface area contributed by atoms with Gasteiger partial charge < -0.3 is 19.4 Å². The predicted molar refractivity (Wildman–Crippen MR) is 193 cm³/mol. The van der Waals surface area contributed by atoms with Crippen LogP contribution in [0.25, 0.3) is 5.65 Å². The van der Waals surface area contributed by atoms with Crippen LogP contribution in [0.3, 0.4) is 0 Å². The highest BCUT2D eigenvalue weighted by molar-refractivity contribution is 6.06. The van der Waals surface area contributed by atoms with Gasteiger partial charge in [-0.25, -0.2) is 18.7 Å². The number of imidazole rings is 1. The Morgan fingerprint density at radius 3 is 2.35 bits per heavy atom. The van der Waals surface area contributed by atoms with Crippen LogP contribution in [0, 0.1) is 5.92 Å². The summed E-state index contributed by atoms with van der Waals surface area (Å²) in [4.78, 5) is 48.6. The third-order valence-corrected chi connectivity index (χ3v) is 10.8. The number of halogens is 2. The highest BCUT2D eigenvalue weighted by atomic mass is 19.3. The Labute approximate surface area is 302 Å². The fraction of sp³-hybridized carbons (Fsp3) is 0.475. The van der Waals surface area contributed by atoms with Gasteiger partial charge in [-0.3, -0.25) is 19.7 Å². The first kappa shape index (κ1) is 35.7. The third kappa shape index (κ3) is 8.17. The number of imide groups is 1. The zero-order chi connectivity index (χ0) is 36.4. The Morgan fingerprint density at radius 2 is 1.65 bits per heavy atom. The van der Waals surface area contributed by atoms with Crippen LogP contribution in [0.2, 0.25) is 0 Å². The third-order valence-electron chi connectivity index (χ3n) is 10.8. The summed E-state index contributed by atoms with van der Waals surface area (Å²) in [6.45, 7) is 7.03. The van der Waals surface area contributed by atoms with E-state index in [1.807, 2.05) is 24.4 Å². The van der Waals surface area contributed by atoms with Crippen LogP contribution in [0.4, 0.5) is 14.6 Å². The summed E-state index contributed by atoms with van der Waals surface area (Å²) in [5, 5.41) is 5.11. The summed E-state index contributed by atoms with van der Waals surface area (Å²) in [6.07, 6.45) is 8.35. The molecule has 0 spiro atoms. The van der Waals surface area contributed by atoms with Gasteiger partial charge in [-0.2, -0.15) is 0 Å². The van der Waals surface area contributed by atoms with Crippen LogP contribution in [-0.2, 0) is 9.59 Å². The SMILES string of the molecule is CC(C)Oc1cc2nc(C3CCC(CN4CCC(c5ccc(C6CCC(=O)NC6=O)cc5)CC4)CC3)cn2cc1C(=O)Nc1cccc(C(F)F)n1. The van der Waals surface area contributed by atoms with Gasteiger partial charge in [-0.15, -0.1) is 0 Å². The van der Waals surface area contributed by atoms with E-state index in [2.05, 4.69) is 44.8 Å². The largest absolute Gasteiger partial charge is 0.490 e. The van der Waals surface area contributed by atoms with Crippen LogP contribution >= 0.6 is 0 Å². The van der Waals surface area contributed by atoms with E-state index in [0.717, 1.165) is 69.4 Å². The highest BCUT2D eigenvalue weighted by Crippen LogP contribution is 2.38. The molecule has 2 aliphatic heterocycles. The Bertz CT molecular complexity index is 1910. The molecule has 0 radical (unpaired) electrons. The highest BCUT2D eigenvalue weighted by Gasteiger charge is 2.30. The first-order chi connectivity index (χ1) is 25.1. The molecule has 2 N–H and O–H groups in total. The van der Waals surface area contributed by atoms with Gasteiger partial charge in [-0.05, 0) is 107 Å². The standard InChI is InChI=1S/C40H46F2N6O4/c1-24(2)52-34-20-36-44-33(23-48(36)22-31(34)40(51)45-35-5-3-4-32(43-35)38(41)42)29-8-6-25(7-9-29)21-47-18-16-27(17-19-47)26-10-12-28(13-11-26)30-14-15-37(49)46-39(30)50/h3-5,10-13,20,22-25,27,29-30,38H,6-9,14-19,21H2,1-2H3,(H,43,45,51)(H,46,49,50). The number of rotatable bonds is 10.